The number of carbonyl (C=O) groups excluding carboxylic acids is 1. The van der Waals surface area contributed by atoms with Crippen molar-refractivity contribution in [2.24, 2.45) is 0 Å². The lowest BCUT2D eigenvalue weighted by atomic mass is 9.90. The highest BCUT2D eigenvalue weighted by molar-refractivity contribution is 8.00. The van der Waals surface area contributed by atoms with Gasteiger partial charge in [0.05, 0.1) is 6.61 Å². The molecule has 0 aromatic heterocycles. The van der Waals surface area contributed by atoms with E-state index in [2.05, 4.69) is 17.9 Å². The van der Waals surface area contributed by atoms with Crippen molar-refractivity contribution in [3.8, 4) is 0 Å². The van der Waals surface area contributed by atoms with E-state index in [1.165, 1.54) is 0 Å². The number of piperidine rings is 1. The van der Waals surface area contributed by atoms with E-state index in [1.807, 2.05) is 60.3 Å². The van der Waals surface area contributed by atoms with Crippen LogP contribution in [0, 0.1) is 0 Å². The van der Waals surface area contributed by atoms with Crippen LogP contribution in [0.5, 0.6) is 0 Å². The minimum absolute atomic E-state index is 0.0842. The van der Waals surface area contributed by atoms with E-state index in [1.54, 1.807) is 0 Å². The first-order chi connectivity index (χ1) is 13.2. The van der Waals surface area contributed by atoms with Gasteiger partial charge >= 0.3 is 0 Å². The number of thioether (sulfide) groups is 1. The zero-order valence-electron chi connectivity index (χ0n) is 15.9. The fourth-order valence-corrected chi connectivity index (χ4v) is 5.40. The molecule has 2 saturated heterocycles. The summed E-state index contributed by atoms with van der Waals surface area (Å²) in [5, 5.41) is 0. The normalized spacial score (nSPS) is 20.6. The highest BCUT2D eigenvalue weighted by Gasteiger charge is 2.39. The highest BCUT2D eigenvalue weighted by Crippen LogP contribution is 2.41. The van der Waals surface area contributed by atoms with Crippen molar-refractivity contribution in [3.05, 3.63) is 71.3 Å². The van der Waals surface area contributed by atoms with Gasteiger partial charge in [-0.25, -0.2) is 0 Å². The summed E-state index contributed by atoms with van der Waals surface area (Å²) in [6, 6.07) is 17.7. The van der Waals surface area contributed by atoms with Gasteiger partial charge in [0.1, 0.15) is 4.93 Å². The Bertz CT molecular complexity index is 776. The Morgan fingerprint density at radius 3 is 2.52 bits per heavy atom. The largest absolute Gasteiger partial charge is 0.363 e. The highest BCUT2D eigenvalue weighted by atomic mass is 32.2. The molecule has 2 heterocycles. The Balaban J connectivity index is 1.45. The number of hydrogen-bond donors (Lipinski definition) is 0. The monoisotopic (exact) mass is 381 g/mol. The van der Waals surface area contributed by atoms with E-state index < -0.39 is 0 Å². The SMILES string of the molecule is CC(CN1CCC2(CC1)OCCS2)c1ccccc1C(=O)c1ccccc1. The number of ketones is 1. The van der Waals surface area contributed by atoms with Gasteiger partial charge in [-0.3, -0.25) is 4.79 Å². The van der Waals surface area contributed by atoms with Crippen molar-refractivity contribution in [1.82, 2.24) is 4.90 Å². The number of likely N-dealkylation sites (tertiary alicyclic amines) is 1. The van der Waals surface area contributed by atoms with Crippen molar-refractivity contribution < 1.29 is 9.53 Å². The second kappa shape index (κ2) is 8.17. The van der Waals surface area contributed by atoms with Gasteiger partial charge < -0.3 is 9.64 Å². The van der Waals surface area contributed by atoms with Crippen LogP contribution in [0.25, 0.3) is 0 Å². The quantitative estimate of drug-likeness (QED) is 0.709. The molecule has 0 saturated carbocycles. The molecule has 1 unspecified atom stereocenters. The van der Waals surface area contributed by atoms with Crippen molar-refractivity contribution in [1.29, 1.82) is 0 Å². The van der Waals surface area contributed by atoms with Crippen molar-refractivity contribution in [3.63, 3.8) is 0 Å². The number of rotatable bonds is 5. The van der Waals surface area contributed by atoms with Gasteiger partial charge in [-0.1, -0.05) is 61.5 Å². The third-order valence-electron chi connectivity index (χ3n) is 5.74. The standard InChI is InChI=1S/C23H27NO2S/c1-18(17-24-13-11-23(12-14-24)26-15-16-27-23)20-9-5-6-10-21(20)22(25)19-7-3-2-4-8-19/h2-10,18H,11-17H2,1H3. The van der Waals surface area contributed by atoms with Crippen LogP contribution in [0.15, 0.2) is 54.6 Å². The summed E-state index contributed by atoms with van der Waals surface area (Å²) in [6.07, 6.45) is 2.21. The molecule has 0 N–H and O–H groups in total. The molecule has 27 heavy (non-hydrogen) atoms. The average molecular weight is 382 g/mol. The van der Waals surface area contributed by atoms with Crippen LogP contribution in [-0.4, -0.2) is 47.6 Å². The van der Waals surface area contributed by atoms with Crippen LogP contribution in [0.3, 0.4) is 0 Å². The summed E-state index contributed by atoms with van der Waals surface area (Å²) in [7, 11) is 0. The molecule has 0 bridgehead atoms. The maximum Gasteiger partial charge on any atom is 0.193 e. The summed E-state index contributed by atoms with van der Waals surface area (Å²) >= 11 is 1.99. The van der Waals surface area contributed by atoms with Crippen molar-refractivity contribution in [2.45, 2.75) is 30.6 Å². The minimum atomic E-state index is 0.0842. The number of nitrogens with zero attached hydrogens (tertiary/aromatic N) is 1. The molecule has 0 amide bonds. The molecule has 2 aliphatic rings. The number of benzene rings is 2. The Kier molecular flexibility index (Phi) is 5.67. The Labute approximate surface area is 166 Å². The molecule has 2 aliphatic heterocycles. The first kappa shape index (κ1) is 18.7. The molecular formula is C23H27NO2S. The van der Waals surface area contributed by atoms with E-state index >= 15 is 0 Å². The molecule has 2 aromatic carbocycles. The molecule has 0 radical (unpaired) electrons. The predicted octanol–water partition coefficient (Wildman–Crippen LogP) is 4.58. The van der Waals surface area contributed by atoms with E-state index in [0.29, 0.717) is 5.92 Å². The van der Waals surface area contributed by atoms with Crippen molar-refractivity contribution >= 4 is 17.5 Å². The van der Waals surface area contributed by atoms with Crippen LogP contribution in [0.4, 0.5) is 0 Å². The lowest BCUT2D eigenvalue weighted by Crippen LogP contribution is -2.43. The predicted molar refractivity (Wildman–Crippen MR) is 112 cm³/mol. The van der Waals surface area contributed by atoms with E-state index in [0.717, 1.165) is 61.5 Å². The third kappa shape index (κ3) is 4.13. The minimum Gasteiger partial charge on any atom is -0.363 e. The second-order valence-corrected chi connectivity index (χ2v) is 9.03. The van der Waals surface area contributed by atoms with E-state index in [-0.39, 0.29) is 10.7 Å². The molecule has 1 spiro atoms. The zero-order valence-corrected chi connectivity index (χ0v) is 16.7. The zero-order chi connectivity index (χ0) is 18.7. The molecule has 1 atom stereocenters. The summed E-state index contributed by atoms with van der Waals surface area (Å²) in [6.45, 7) is 6.27. The molecule has 4 rings (SSSR count). The summed E-state index contributed by atoms with van der Waals surface area (Å²) in [4.78, 5) is 15.6. The molecule has 3 nitrogen and oxygen atoms in total. The molecule has 2 aromatic rings. The maximum absolute atomic E-state index is 13.0. The summed E-state index contributed by atoms with van der Waals surface area (Å²) in [5.41, 5.74) is 2.74. The molecular weight excluding hydrogens is 354 g/mol. The van der Waals surface area contributed by atoms with Gasteiger partial charge in [-0.15, -0.1) is 11.8 Å². The van der Waals surface area contributed by atoms with E-state index in [4.69, 9.17) is 4.74 Å². The Hall–Kier alpha value is -1.62. The van der Waals surface area contributed by atoms with Crippen LogP contribution in [0.2, 0.25) is 0 Å². The molecule has 142 valence electrons. The van der Waals surface area contributed by atoms with Gasteiger partial charge in [0.15, 0.2) is 5.78 Å². The Morgan fingerprint density at radius 1 is 1.11 bits per heavy atom. The molecule has 4 heteroatoms. The second-order valence-electron chi connectivity index (χ2n) is 7.59. The van der Waals surface area contributed by atoms with Crippen LogP contribution in [-0.2, 0) is 4.74 Å². The fourth-order valence-electron chi connectivity index (χ4n) is 4.23. The third-order valence-corrected chi connectivity index (χ3v) is 7.16. The van der Waals surface area contributed by atoms with Crippen LogP contribution >= 0.6 is 11.8 Å². The maximum atomic E-state index is 13.0. The summed E-state index contributed by atoms with van der Waals surface area (Å²) in [5.74, 6) is 1.57. The smallest absolute Gasteiger partial charge is 0.193 e. The average Bonchev–Trinajstić information content (AvgIpc) is 3.18. The fraction of sp³-hybridized carbons (Fsp3) is 0.435. The van der Waals surface area contributed by atoms with Crippen molar-refractivity contribution in [2.75, 3.05) is 32.0 Å². The van der Waals surface area contributed by atoms with Gasteiger partial charge in [0, 0.05) is 36.5 Å². The van der Waals surface area contributed by atoms with Gasteiger partial charge in [-0.2, -0.15) is 0 Å². The summed E-state index contributed by atoms with van der Waals surface area (Å²) < 4.78 is 6.01. The number of ether oxygens (including phenoxy) is 1. The lowest BCUT2D eigenvalue weighted by molar-refractivity contribution is 0.000727. The van der Waals surface area contributed by atoms with Crippen LogP contribution < -0.4 is 0 Å². The van der Waals surface area contributed by atoms with Gasteiger partial charge in [-0.05, 0) is 24.3 Å². The van der Waals surface area contributed by atoms with E-state index in [9.17, 15) is 4.79 Å². The van der Waals surface area contributed by atoms with Gasteiger partial charge in [0.2, 0.25) is 0 Å². The van der Waals surface area contributed by atoms with Gasteiger partial charge in [0.25, 0.3) is 0 Å². The first-order valence-corrected chi connectivity index (χ1v) is 10.8. The molecule has 2 fully saturated rings. The molecule has 0 aliphatic carbocycles. The number of carbonyl (C=O) groups is 1. The topological polar surface area (TPSA) is 29.5 Å². The Morgan fingerprint density at radius 2 is 1.81 bits per heavy atom. The first-order valence-electron chi connectivity index (χ1n) is 9.86. The van der Waals surface area contributed by atoms with Crippen LogP contribution in [0.1, 0.15) is 47.2 Å². The number of hydrogen-bond acceptors (Lipinski definition) is 4. The lowest BCUT2D eigenvalue weighted by Gasteiger charge is -2.39.